The van der Waals surface area contributed by atoms with Crippen LogP contribution in [0.5, 0.6) is 0 Å². The van der Waals surface area contributed by atoms with Crippen LogP contribution in [0.25, 0.3) is 101 Å². The summed E-state index contributed by atoms with van der Waals surface area (Å²) in [6, 6.07) is 69.6. The number of hydrogen-bond acceptors (Lipinski definition) is 4. The number of hydrogen-bond donors (Lipinski definition) is 0. The van der Waals surface area contributed by atoms with Crippen molar-refractivity contribution in [1.82, 2.24) is 15.0 Å². The molecule has 0 spiro atoms. The molecule has 2 aromatic heterocycles. The van der Waals surface area contributed by atoms with Crippen molar-refractivity contribution < 1.29 is 4.42 Å². The first-order chi connectivity index (χ1) is 27.2. The summed E-state index contributed by atoms with van der Waals surface area (Å²) in [6.07, 6.45) is 0. The van der Waals surface area contributed by atoms with Crippen molar-refractivity contribution in [3.05, 3.63) is 200 Å². The minimum atomic E-state index is 0.588. The second kappa shape index (κ2) is 13.8. The molecule has 4 nitrogen and oxygen atoms in total. The molecule has 0 saturated heterocycles. The molecule has 0 radical (unpaired) electrons. The molecule has 8 aromatic carbocycles. The second-order valence-corrected chi connectivity index (χ2v) is 13.6. The fourth-order valence-electron chi connectivity index (χ4n) is 7.44. The zero-order valence-electron chi connectivity index (χ0n) is 29.8. The minimum absolute atomic E-state index is 0.588. The van der Waals surface area contributed by atoms with E-state index in [0.717, 1.165) is 55.3 Å². The van der Waals surface area contributed by atoms with Crippen LogP contribution in [-0.2, 0) is 0 Å². The maximum atomic E-state index is 6.24. The van der Waals surface area contributed by atoms with Crippen molar-refractivity contribution in [2.24, 2.45) is 0 Å². The lowest BCUT2D eigenvalue weighted by molar-refractivity contribution is 0.669. The summed E-state index contributed by atoms with van der Waals surface area (Å²) >= 11 is 0. The van der Waals surface area contributed by atoms with E-state index < -0.39 is 0 Å². The third kappa shape index (κ3) is 6.16. The first-order valence-corrected chi connectivity index (χ1v) is 18.4. The fraction of sp³-hybridized carbons (Fsp3) is 0. The van der Waals surface area contributed by atoms with Crippen LogP contribution in [0.4, 0.5) is 0 Å². The molecule has 10 aromatic rings. The van der Waals surface area contributed by atoms with Crippen LogP contribution < -0.4 is 0 Å². The third-order valence-corrected chi connectivity index (χ3v) is 10.2. The van der Waals surface area contributed by atoms with Gasteiger partial charge in [-0.05, 0) is 74.8 Å². The highest BCUT2D eigenvalue weighted by atomic mass is 16.3. The van der Waals surface area contributed by atoms with Gasteiger partial charge in [-0.2, -0.15) is 0 Å². The van der Waals surface area contributed by atoms with Crippen LogP contribution in [0.3, 0.4) is 0 Å². The van der Waals surface area contributed by atoms with E-state index in [1.54, 1.807) is 0 Å². The van der Waals surface area contributed by atoms with E-state index in [4.69, 9.17) is 19.4 Å². The fourth-order valence-corrected chi connectivity index (χ4v) is 7.44. The Morgan fingerprint density at radius 3 is 1.27 bits per heavy atom. The lowest BCUT2D eigenvalue weighted by Gasteiger charge is -2.19. The van der Waals surface area contributed by atoms with Crippen LogP contribution in [0.2, 0.25) is 0 Å². The summed E-state index contributed by atoms with van der Waals surface area (Å²) in [7, 11) is 0. The Morgan fingerprint density at radius 2 is 0.691 bits per heavy atom. The lowest BCUT2D eigenvalue weighted by Crippen LogP contribution is -2.00. The number of aromatic nitrogens is 3. The van der Waals surface area contributed by atoms with Gasteiger partial charge in [-0.3, -0.25) is 0 Å². The molecule has 0 aliphatic carbocycles. The molecule has 2 heterocycles. The first-order valence-electron chi connectivity index (χ1n) is 18.4. The van der Waals surface area contributed by atoms with E-state index in [1.807, 2.05) is 54.6 Å². The molecule has 0 N–H and O–H groups in total. The molecule has 10 rings (SSSR count). The summed E-state index contributed by atoms with van der Waals surface area (Å²) in [4.78, 5) is 15.1. The van der Waals surface area contributed by atoms with E-state index in [2.05, 4.69) is 146 Å². The highest BCUT2D eigenvalue weighted by molar-refractivity contribution is 6.05. The van der Waals surface area contributed by atoms with E-state index in [9.17, 15) is 0 Å². The molecular formula is C51H33N3O. The molecule has 0 atom stereocenters. The van der Waals surface area contributed by atoms with Crippen molar-refractivity contribution in [3.8, 4) is 78.7 Å². The molecular weight excluding hydrogens is 671 g/mol. The average molecular weight is 704 g/mol. The third-order valence-electron chi connectivity index (χ3n) is 10.2. The van der Waals surface area contributed by atoms with Crippen LogP contribution in [0.15, 0.2) is 205 Å². The van der Waals surface area contributed by atoms with Crippen LogP contribution in [-0.4, -0.2) is 15.0 Å². The number of nitrogens with zero attached hydrogens (tertiary/aromatic N) is 3. The molecule has 0 aliphatic rings. The van der Waals surface area contributed by atoms with Gasteiger partial charge >= 0.3 is 0 Å². The normalized spacial score (nSPS) is 11.3. The van der Waals surface area contributed by atoms with Crippen LogP contribution >= 0.6 is 0 Å². The quantitative estimate of drug-likeness (QED) is 0.166. The van der Waals surface area contributed by atoms with Crippen molar-refractivity contribution >= 4 is 21.9 Å². The zero-order valence-corrected chi connectivity index (χ0v) is 29.8. The lowest BCUT2D eigenvalue weighted by atomic mass is 9.84. The van der Waals surface area contributed by atoms with E-state index in [0.29, 0.717) is 17.5 Å². The van der Waals surface area contributed by atoms with Gasteiger partial charge in [0.15, 0.2) is 17.5 Å². The van der Waals surface area contributed by atoms with Crippen molar-refractivity contribution in [2.45, 2.75) is 0 Å². The molecule has 55 heavy (non-hydrogen) atoms. The Bertz CT molecular complexity index is 2880. The summed E-state index contributed by atoms with van der Waals surface area (Å²) in [6.45, 7) is 0. The average Bonchev–Trinajstić information content (AvgIpc) is 3.65. The molecule has 0 amide bonds. The Balaban J connectivity index is 1.13. The monoisotopic (exact) mass is 703 g/mol. The molecule has 0 aliphatic heterocycles. The van der Waals surface area contributed by atoms with Gasteiger partial charge in [0.2, 0.25) is 0 Å². The molecule has 0 saturated carbocycles. The maximum absolute atomic E-state index is 6.24. The van der Waals surface area contributed by atoms with Gasteiger partial charge in [0.05, 0.1) is 0 Å². The number of benzene rings is 8. The van der Waals surface area contributed by atoms with Gasteiger partial charge in [-0.15, -0.1) is 0 Å². The summed E-state index contributed by atoms with van der Waals surface area (Å²) in [5.74, 6) is 1.80. The minimum Gasteiger partial charge on any atom is -0.456 e. The first kappa shape index (κ1) is 32.2. The Kier molecular flexibility index (Phi) is 8.12. The van der Waals surface area contributed by atoms with Gasteiger partial charge in [0, 0.05) is 27.5 Å². The Morgan fingerprint density at radius 1 is 0.273 bits per heavy atom. The van der Waals surface area contributed by atoms with Crippen molar-refractivity contribution in [2.75, 3.05) is 0 Å². The molecule has 0 fully saturated rings. The van der Waals surface area contributed by atoms with Gasteiger partial charge in [0.1, 0.15) is 11.2 Å². The van der Waals surface area contributed by atoms with E-state index >= 15 is 0 Å². The van der Waals surface area contributed by atoms with Gasteiger partial charge in [0.25, 0.3) is 0 Å². The smallest absolute Gasteiger partial charge is 0.164 e. The standard InChI is InChI=1S/C51H33N3O/c1-5-15-34(16-6-1)41-31-44(35-17-7-2-8-18-35)48(45(32-41)36-19-9-3-10-20-36)37-25-27-39(28-26-37)50-52-49(38-21-11-4-12-22-38)53-51(54-50)40-29-30-43-42-23-13-14-24-46(42)55-47(43)33-40/h1-33H. The summed E-state index contributed by atoms with van der Waals surface area (Å²) in [5, 5.41) is 2.15. The Hall–Kier alpha value is -7.43. The second-order valence-electron chi connectivity index (χ2n) is 13.6. The zero-order chi connectivity index (χ0) is 36.6. The highest BCUT2D eigenvalue weighted by Gasteiger charge is 2.19. The Labute approximate surface area is 319 Å². The van der Waals surface area contributed by atoms with E-state index in [1.165, 1.54) is 27.8 Å². The molecule has 258 valence electrons. The van der Waals surface area contributed by atoms with Crippen molar-refractivity contribution in [1.29, 1.82) is 0 Å². The number of rotatable bonds is 7. The van der Waals surface area contributed by atoms with Gasteiger partial charge in [-0.25, -0.2) is 15.0 Å². The predicted octanol–water partition coefficient (Wildman–Crippen LogP) is 13.4. The number of fused-ring (bicyclic) bond motifs is 3. The summed E-state index contributed by atoms with van der Waals surface area (Å²) < 4.78 is 6.24. The van der Waals surface area contributed by atoms with E-state index in [-0.39, 0.29) is 0 Å². The predicted molar refractivity (Wildman–Crippen MR) is 225 cm³/mol. The number of para-hydroxylation sites is 1. The van der Waals surface area contributed by atoms with Crippen LogP contribution in [0.1, 0.15) is 0 Å². The molecule has 4 heteroatoms. The summed E-state index contributed by atoms with van der Waals surface area (Å²) in [5.41, 5.74) is 13.6. The highest BCUT2D eigenvalue weighted by Crippen LogP contribution is 2.44. The SMILES string of the molecule is c1ccc(-c2cc(-c3ccccc3)c(-c3ccc(-c4nc(-c5ccccc5)nc(-c5ccc6c(c5)oc5ccccc56)n4)cc3)c(-c3ccccc3)c2)cc1. The van der Waals surface area contributed by atoms with Gasteiger partial charge in [-0.1, -0.05) is 170 Å². The largest absolute Gasteiger partial charge is 0.456 e. The molecule has 0 unspecified atom stereocenters. The van der Waals surface area contributed by atoms with Gasteiger partial charge < -0.3 is 4.42 Å². The van der Waals surface area contributed by atoms with Crippen LogP contribution in [0, 0.1) is 0 Å². The molecule has 0 bridgehead atoms. The topological polar surface area (TPSA) is 51.8 Å². The van der Waals surface area contributed by atoms with Crippen molar-refractivity contribution in [3.63, 3.8) is 0 Å². The maximum Gasteiger partial charge on any atom is 0.164 e. The number of furan rings is 1.